The van der Waals surface area contributed by atoms with Crippen molar-refractivity contribution in [3.63, 3.8) is 0 Å². The number of aryl methyl sites for hydroxylation is 2. The van der Waals surface area contributed by atoms with E-state index in [0.717, 1.165) is 48.4 Å². The topological polar surface area (TPSA) is 69.0 Å². The predicted octanol–water partition coefficient (Wildman–Crippen LogP) is 5.56. The molecule has 0 aliphatic heterocycles. The first-order valence-corrected chi connectivity index (χ1v) is 12.3. The molecular formula is C29H34N4O2. The molecule has 0 radical (unpaired) electrons. The van der Waals surface area contributed by atoms with E-state index < -0.39 is 0 Å². The first kappa shape index (κ1) is 24.5. The van der Waals surface area contributed by atoms with E-state index in [4.69, 9.17) is 9.72 Å². The Bertz CT molecular complexity index is 1240. The van der Waals surface area contributed by atoms with E-state index in [2.05, 4.69) is 66.0 Å². The standard InChI is InChI=1S/C29H34N4O2/c1-29(2,3)22-14-16-23(17-15-22)35-21-9-20-33-26-12-5-4-10-24(26)32-27(33)13-8-19-31-28(34)25-11-6-7-18-30-25/h4-7,10-12,14-18H,8-9,13,19-21H2,1-3H3,(H,31,34). The molecule has 2 heterocycles. The largest absolute Gasteiger partial charge is 0.494 e. The number of benzene rings is 2. The molecule has 0 fully saturated rings. The number of amides is 1. The van der Waals surface area contributed by atoms with Gasteiger partial charge in [0.15, 0.2) is 0 Å². The lowest BCUT2D eigenvalue weighted by Crippen LogP contribution is -2.25. The van der Waals surface area contributed by atoms with E-state index in [0.29, 0.717) is 18.8 Å². The number of carbonyl (C=O) groups is 1. The summed E-state index contributed by atoms with van der Waals surface area (Å²) in [5, 5.41) is 2.95. The Kier molecular flexibility index (Phi) is 7.80. The first-order valence-electron chi connectivity index (χ1n) is 12.3. The van der Waals surface area contributed by atoms with Gasteiger partial charge in [-0.25, -0.2) is 4.98 Å². The van der Waals surface area contributed by atoms with Gasteiger partial charge < -0.3 is 14.6 Å². The van der Waals surface area contributed by atoms with E-state index in [1.807, 2.05) is 24.3 Å². The number of imidazole rings is 1. The highest BCUT2D eigenvalue weighted by Crippen LogP contribution is 2.24. The van der Waals surface area contributed by atoms with Gasteiger partial charge in [-0.1, -0.05) is 51.1 Å². The summed E-state index contributed by atoms with van der Waals surface area (Å²) in [6.45, 7) is 8.68. The summed E-state index contributed by atoms with van der Waals surface area (Å²) in [6.07, 6.45) is 4.09. The highest BCUT2D eigenvalue weighted by molar-refractivity contribution is 5.92. The van der Waals surface area contributed by atoms with Crippen LogP contribution in [0.1, 0.15) is 55.5 Å². The van der Waals surface area contributed by atoms with Gasteiger partial charge in [0.1, 0.15) is 17.3 Å². The fourth-order valence-electron chi connectivity index (χ4n) is 4.07. The van der Waals surface area contributed by atoms with E-state index in [1.54, 1.807) is 18.3 Å². The molecule has 35 heavy (non-hydrogen) atoms. The number of hydrogen-bond donors (Lipinski definition) is 1. The normalized spacial score (nSPS) is 11.5. The van der Waals surface area contributed by atoms with Crippen molar-refractivity contribution in [1.82, 2.24) is 19.9 Å². The van der Waals surface area contributed by atoms with Crippen molar-refractivity contribution in [3.8, 4) is 5.75 Å². The molecule has 0 aliphatic rings. The molecule has 6 heteroatoms. The average Bonchev–Trinajstić information content (AvgIpc) is 3.22. The summed E-state index contributed by atoms with van der Waals surface area (Å²) in [4.78, 5) is 21.2. The van der Waals surface area contributed by atoms with Crippen LogP contribution in [-0.4, -0.2) is 33.6 Å². The molecular weight excluding hydrogens is 436 g/mol. The summed E-state index contributed by atoms with van der Waals surface area (Å²) < 4.78 is 8.28. The molecule has 0 bridgehead atoms. The Morgan fingerprint density at radius 1 is 0.971 bits per heavy atom. The second-order valence-corrected chi connectivity index (χ2v) is 9.72. The van der Waals surface area contributed by atoms with Crippen LogP contribution in [0, 0.1) is 0 Å². The zero-order valence-electron chi connectivity index (χ0n) is 20.8. The summed E-state index contributed by atoms with van der Waals surface area (Å²) in [6, 6.07) is 21.9. The number of nitrogens with zero attached hydrogens (tertiary/aromatic N) is 3. The molecule has 2 aromatic carbocycles. The highest BCUT2D eigenvalue weighted by atomic mass is 16.5. The van der Waals surface area contributed by atoms with Crippen LogP contribution in [0.3, 0.4) is 0 Å². The van der Waals surface area contributed by atoms with Gasteiger partial charge in [0.05, 0.1) is 17.6 Å². The lowest BCUT2D eigenvalue weighted by atomic mass is 9.87. The number of rotatable bonds is 10. The van der Waals surface area contributed by atoms with Gasteiger partial charge in [-0.05, 0) is 60.2 Å². The third kappa shape index (κ3) is 6.47. The third-order valence-electron chi connectivity index (χ3n) is 6.01. The molecule has 0 atom stereocenters. The summed E-state index contributed by atoms with van der Waals surface area (Å²) in [7, 11) is 0. The number of para-hydroxylation sites is 2. The molecule has 0 spiro atoms. The number of aromatic nitrogens is 3. The van der Waals surface area contributed by atoms with Crippen LogP contribution >= 0.6 is 0 Å². The number of nitrogens with one attached hydrogen (secondary N) is 1. The van der Waals surface area contributed by atoms with E-state index in [-0.39, 0.29) is 11.3 Å². The zero-order valence-corrected chi connectivity index (χ0v) is 20.8. The van der Waals surface area contributed by atoms with Crippen LogP contribution < -0.4 is 10.1 Å². The van der Waals surface area contributed by atoms with Gasteiger partial charge in [-0.15, -0.1) is 0 Å². The molecule has 4 rings (SSSR count). The molecule has 2 aromatic heterocycles. The molecule has 182 valence electrons. The molecule has 1 amide bonds. The Hall–Kier alpha value is -3.67. The van der Waals surface area contributed by atoms with E-state index >= 15 is 0 Å². The molecule has 0 saturated carbocycles. The van der Waals surface area contributed by atoms with Crippen molar-refractivity contribution < 1.29 is 9.53 Å². The van der Waals surface area contributed by atoms with Gasteiger partial charge in [0.25, 0.3) is 5.91 Å². The molecule has 0 aliphatic carbocycles. The lowest BCUT2D eigenvalue weighted by molar-refractivity contribution is 0.0948. The number of hydrogen-bond acceptors (Lipinski definition) is 4. The third-order valence-corrected chi connectivity index (χ3v) is 6.01. The molecule has 0 saturated heterocycles. The maximum absolute atomic E-state index is 12.2. The molecule has 1 N–H and O–H groups in total. The van der Waals surface area contributed by atoms with Crippen molar-refractivity contribution in [2.24, 2.45) is 0 Å². The van der Waals surface area contributed by atoms with Gasteiger partial charge in [0.2, 0.25) is 0 Å². The van der Waals surface area contributed by atoms with Gasteiger partial charge >= 0.3 is 0 Å². The maximum Gasteiger partial charge on any atom is 0.269 e. The monoisotopic (exact) mass is 470 g/mol. The van der Waals surface area contributed by atoms with Crippen LogP contribution in [0.15, 0.2) is 72.9 Å². The molecule has 0 unspecified atom stereocenters. The fraction of sp³-hybridized carbons (Fsp3) is 0.345. The number of ether oxygens (including phenoxy) is 1. The van der Waals surface area contributed by atoms with Crippen LogP contribution in [-0.2, 0) is 18.4 Å². The second kappa shape index (κ2) is 11.2. The van der Waals surface area contributed by atoms with Gasteiger partial charge in [0, 0.05) is 25.7 Å². The first-order chi connectivity index (χ1) is 16.9. The Labute approximate surface area is 207 Å². The number of carbonyl (C=O) groups excluding carboxylic acids is 1. The van der Waals surface area contributed by atoms with Crippen LogP contribution in [0.4, 0.5) is 0 Å². The summed E-state index contributed by atoms with van der Waals surface area (Å²) in [5.74, 6) is 1.79. The molecule has 6 nitrogen and oxygen atoms in total. The minimum Gasteiger partial charge on any atom is -0.494 e. The number of fused-ring (bicyclic) bond motifs is 1. The minimum atomic E-state index is -0.146. The maximum atomic E-state index is 12.2. The van der Waals surface area contributed by atoms with Crippen molar-refractivity contribution in [2.75, 3.05) is 13.2 Å². The SMILES string of the molecule is CC(C)(C)c1ccc(OCCCn2c(CCCNC(=O)c3ccccn3)nc3ccccc32)cc1. The Morgan fingerprint density at radius 2 is 1.74 bits per heavy atom. The fourth-order valence-corrected chi connectivity index (χ4v) is 4.07. The quantitative estimate of drug-likeness (QED) is 0.308. The second-order valence-electron chi connectivity index (χ2n) is 9.72. The highest BCUT2D eigenvalue weighted by Gasteiger charge is 2.13. The molecule has 4 aromatic rings. The Morgan fingerprint density at radius 3 is 2.49 bits per heavy atom. The van der Waals surface area contributed by atoms with Crippen LogP contribution in [0.2, 0.25) is 0 Å². The lowest BCUT2D eigenvalue weighted by Gasteiger charge is -2.19. The van der Waals surface area contributed by atoms with Crippen molar-refractivity contribution in [1.29, 1.82) is 0 Å². The van der Waals surface area contributed by atoms with Crippen molar-refractivity contribution in [2.45, 2.75) is 52.0 Å². The summed E-state index contributed by atoms with van der Waals surface area (Å²) in [5.41, 5.74) is 4.01. The van der Waals surface area contributed by atoms with E-state index in [1.165, 1.54) is 5.56 Å². The summed E-state index contributed by atoms with van der Waals surface area (Å²) >= 11 is 0. The van der Waals surface area contributed by atoms with E-state index in [9.17, 15) is 4.79 Å². The van der Waals surface area contributed by atoms with Crippen LogP contribution in [0.25, 0.3) is 11.0 Å². The van der Waals surface area contributed by atoms with Crippen molar-refractivity contribution in [3.05, 3.63) is 90.0 Å². The number of pyridine rings is 1. The zero-order chi connectivity index (χ0) is 24.7. The van der Waals surface area contributed by atoms with Crippen LogP contribution in [0.5, 0.6) is 5.75 Å². The minimum absolute atomic E-state index is 0.138. The smallest absolute Gasteiger partial charge is 0.269 e. The predicted molar refractivity (Wildman–Crippen MR) is 140 cm³/mol. The van der Waals surface area contributed by atoms with Gasteiger partial charge in [-0.3, -0.25) is 9.78 Å². The Balaban J connectivity index is 1.31. The average molecular weight is 471 g/mol. The van der Waals surface area contributed by atoms with Gasteiger partial charge in [-0.2, -0.15) is 0 Å². The van der Waals surface area contributed by atoms with Crippen molar-refractivity contribution >= 4 is 16.9 Å².